The Bertz CT molecular complexity index is 248. The van der Waals surface area contributed by atoms with E-state index >= 15 is 0 Å². The van der Waals surface area contributed by atoms with Crippen LogP contribution >= 0.6 is 0 Å². The van der Waals surface area contributed by atoms with E-state index in [0.717, 1.165) is 0 Å². The van der Waals surface area contributed by atoms with Crippen molar-refractivity contribution in [3.05, 3.63) is 0 Å². The fourth-order valence-electron chi connectivity index (χ4n) is 0.944. The van der Waals surface area contributed by atoms with E-state index in [1.165, 1.54) is 0 Å². The number of amides is 1. The molecule has 68 valence electrons. The molecule has 1 aliphatic rings. The molecule has 0 saturated carbocycles. The first-order valence-electron chi connectivity index (χ1n) is 3.18. The molecule has 0 bridgehead atoms. The van der Waals surface area contributed by atoms with Crippen LogP contribution in [0.1, 0.15) is 13.3 Å². The summed E-state index contributed by atoms with van der Waals surface area (Å²) >= 11 is 0. The van der Waals surface area contributed by atoms with Crippen LogP contribution in [0.15, 0.2) is 0 Å². The Hall–Kier alpha value is -1.07. The largest absolute Gasteiger partial charge is 0.418 e. The highest BCUT2D eigenvalue weighted by Gasteiger charge is 2.60. The Balaban J connectivity index is 3.00. The molecular weight excluding hydrogens is 175 g/mol. The number of alkyl halides is 3. The van der Waals surface area contributed by atoms with Crippen molar-refractivity contribution in [3.63, 3.8) is 0 Å². The lowest BCUT2D eigenvalue weighted by Gasteiger charge is -2.24. The molecule has 1 aliphatic heterocycles. The molecule has 0 radical (unpaired) electrons. The van der Waals surface area contributed by atoms with E-state index in [1.54, 1.807) is 5.32 Å². The Morgan fingerprint density at radius 2 is 1.92 bits per heavy atom. The normalized spacial score (nSPS) is 30.7. The third-order valence-electron chi connectivity index (χ3n) is 1.84. The van der Waals surface area contributed by atoms with Crippen molar-refractivity contribution >= 4 is 11.7 Å². The maximum atomic E-state index is 12.1. The zero-order valence-corrected chi connectivity index (χ0v) is 6.16. The Labute approximate surface area is 65.9 Å². The minimum atomic E-state index is -4.71. The summed E-state index contributed by atoms with van der Waals surface area (Å²) in [5.41, 5.74) is -2.68. The lowest BCUT2D eigenvalue weighted by molar-refractivity contribution is -0.189. The Morgan fingerprint density at radius 3 is 2.08 bits per heavy atom. The quantitative estimate of drug-likeness (QED) is 0.549. The highest BCUT2D eigenvalue weighted by molar-refractivity contribution is 6.10. The van der Waals surface area contributed by atoms with Gasteiger partial charge in [-0.15, -0.1) is 0 Å². The van der Waals surface area contributed by atoms with E-state index in [2.05, 4.69) is 0 Å². The van der Waals surface area contributed by atoms with E-state index in [9.17, 15) is 22.8 Å². The van der Waals surface area contributed by atoms with Crippen LogP contribution in [0, 0.1) is 0 Å². The first kappa shape index (κ1) is 9.02. The van der Waals surface area contributed by atoms with Crippen LogP contribution < -0.4 is 5.32 Å². The number of hydrogen-bond donors (Lipinski definition) is 1. The number of rotatable bonds is 0. The van der Waals surface area contributed by atoms with Gasteiger partial charge in [0, 0.05) is 0 Å². The van der Waals surface area contributed by atoms with Gasteiger partial charge >= 0.3 is 6.18 Å². The van der Waals surface area contributed by atoms with Crippen LogP contribution in [0.25, 0.3) is 0 Å². The van der Waals surface area contributed by atoms with E-state index in [0.29, 0.717) is 6.92 Å². The smallest absolute Gasteiger partial charge is 0.336 e. The molecule has 1 heterocycles. The average Bonchev–Trinajstić information content (AvgIpc) is 2.06. The zero-order chi connectivity index (χ0) is 9.57. The summed E-state index contributed by atoms with van der Waals surface area (Å²) in [6.07, 6.45) is -5.40. The number of ketones is 1. The third kappa shape index (κ3) is 1.07. The lowest BCUT2D eigenvalue weighted by Crippen LogP contribution is -2.55. The fourth-order valence-corrected chi connectivity index (χ4v) is 0.944. The molecule has 3 nitrogen and oxygen atoms in total. The van der Waals surface area contributed by atoms with Crippen molar-refractivity contribution in [2.75, 3.05) is 0 Å². The van der Waals surface area contributed by atoms with Crippen LogP contribution in [-0.2, 0) is 9.59 Å². The van der Waals surface area contributed by atoms with E-state index < -0.39 is 29.8 Å². The van der Waals surface area contributed by atoms with Crippen LogP contribution in [-0.4, -0.2) is 23.4 Å². The van der Waals surface area contributed by atoms with Gasteiger partial charge < -0.3 is 5.32 Å². The number of hydrogen-bond acceptors (Lipinski definition) is 2. The number of nitrogens with one attached hydrogen (secondary N) is 1. The van der Waals surface area contributed by atoms with Crippen LogP contribution in [0.3, 0.4) is 0 Å². The van der Waals surface area contributed by atoms with E-state index in [4.69, 9.17) is 0 Å². The fraction of sp³-hybridized carbons (Fsp3) is 0.667. The number of halogens is 3. The van der Waals surface area contributed by atoms with Crippen LogP contribution in [0.4, 0.5) is 13.2 Å². The molecule has 1 N–H and O–H groups in total. The van der Waals surface area contributed by atoms with Crippen molar-refractivity contribution in [1.29, 1.82) is 0 Å². The molecule has 1 saturated heterocycles. The second-order valence-electron chi connectivity index (χ2n) is 2.77. The summed E-state index contributed by atoms with van der Waals surface area (Å²) in [5.74, 6) is -2.00. The molecular formula is C6H6F3NO2. The highest BCUT2D eigenvalue weighted by Crippen LogP contribution is 2.34. The number of Topliss-reactive ketones (excluding diaryl/α,β-unsaturated/α-hetero) is 1. The molecule has 1 rings (SSSR count). The van der Waals surface area contributed by atoms with Gasteiger partial charge in [-0.2, -0.15) is 13.2 Å². The van der Waals surface area contributed by atoms with E-state index in [-0.39, 0.29) is 0 Å². The van der Waals surface area contributed by atoms with Gasteiger partial charge in [-0.1, -0.05) is 0 Å². The second kappa shape index (κ2) is 2.21. The van der Waals surface area contributed by atoms with Crippen molar-refractivity contribution in [1.82, 2.24) is 5.32 Å². The van der Waals surface area contributed by atoms with Crippen molar-refractivity contribution in [2.45, 2.75) is 25.1 Å². The average molecular weight is 181 g/mol. The molecule has 6 heteroatoms. The molecule has 1 unspecified atom stereocenters. The van der Waals surface area contributed by atoms with Crippen molar-refractivity contribution < 1.29 is 22.8 Å². The topological polar surface area (TPSA) is 46.2 Å². The van der Waals surface area contributed by atoms with Crippen molar-refractivity contribution in [3.8, 4) is 0 Å². The Morgan fingerprint density at radius 1 is 1.42 bits per heavy atom. The monoisotopic (exact) mass is 181 g/mol. The maximum Gasteiger partial charge on any atom is 0.418 e. The van der Waals surface area contributed by atoms with Gasteiger partial charge in [0.25, 0.3) is 0 Å². The molecule has 12 heavy (non-hydrogen) atoms. The highest BCUT2D eigenvalue weighted by atomic mass is 19.4. The molecule has 1 atom stereocenters. The molecule has 0 spiro atoms. The first-order valence-corrected chi connectivity index (χ1v) is 3.18. The summed E-state index contributed by atoms with van der Waals surface area (Å²) in [5, 5.41) is 1.61. The summed E-state index contributed by atoms with van der Waals surface area (Å²) < 4.78 is 36.4. The Kier molecular flexibility index (Phi) is 1.66. The van der Waals surface area contributed by atoms with Gasteiger partial charge in [0.15, 0.2) is 11.3 Å². The standard InChI is InChI=1S/C6H6F3NO2/c1-5(6(7,8)9)3(11)2-4(12)10-5/h2H2,1H3,(H,10,12). The minimum absolute atomic E-state index is 0.667. The summed E-state index contributed by atoms with van der Waals surface area (Å²) in [7, 11) is 0. The van der Waals surface area contributed by atoms with Crippen LogP contribution in [0.2, 0.25) is 0 Å². The van der Waals surface area contributed by atoms with Gasteiger partial charge in [0.05, 0.1) is 6.42 Å². The molecule has 1 fully saturated rings. The SMILES string of the molecule is CC1(C(F)(F)F)NC(=O)CC1=O. The van der Waals surface area contributed by atoms with Gasteiger partial charge in [0.1, 0.15) is 0 Å². The second-order valence-corrected chi connectivity index (χ2v) is 2.77. The summed E-state index contributed by atoms with van der Waals surface area (Å²) in [6, 6.07) is 0. The lowest BCUT2D eigenvalue weighted by atomic mass is 9.98. The van der Waals surface area contributed by atoms with Crippen LogP contribution in [0.5, 0.6) is 0 Å². The summed E-state index contributed by atoms with van der Waals surface area (Å²) in [4.78, 5) is 21.2. The molecule has 0 aromatic heterocycles. The summed E-state index contributed by atoms with van der Waals surface area (Å²) in [6.45, 7) is 0.667. The van der Waals surface area contributed by atoms with Gasteiger partial charge in [-0.25, -0.2) is 0 Å². The molecule has 0 aliphatic carbocycles. The molecule has 0 aromatic rings. The third-order valence-corrected chi connectivity index (χ3v) is 1.84. The molecule has 1 amide bonds. The minimum Gasteiger partial charge on any atom is -0.336 e. The van der Waals surface area contributed by atoms with Gasteiger partial charge in [-0.3, -0.25) is 9.59 Å². The van der Waals surface area contributed by atoms with Gasteiger partial charge in [0.2, 0.25) is 5.91 Å². The zero-order valence-electron chi connectivity index (χ0n) is 6.16. The van der Waals surface area contributed by atoms with Crippen molar-refractivity contribution in [2.24, 2.45) is 0 Å². The predicted octanol–water partition coefficient (Wildman–Crippen LogP) is 0.396. The van der Waals surface area contributed by atoms with Gasteiger partial charge in [-0.05, 0) is 6.92 Å². The first-order chi connectivity index (χ1) is 5.27. The van der Waals surface area contributed by atoms with E-state index in [1.807, 2.05) is 0 Å². The molecule has 0 aromatic carbocycles. The maximum absolute atomic E-state index is 12.1. The number of carbonyl (C=O) groups excluding carboxylic acids is 2. The number of carbonyl (C=O) groups is 2. The predicted molar refractivity (Wildman–Crippen MR) is 32.2 cm³/mol.